The van der Waals surface area contributed by atoms with Crippen LogP contribution in [0.5, 0.6) is 0 Å². The summed E-state index contributed by atoms with van der Waals surface area (Å²) >= 11 is 0. The highest BCUT2D eigenvalue weighted by Crippen LogP contribution is 2.15. The van der Waals surface area contributed by atoms with E-state index in [0.29, 0.717) is 5.69 Å². The fraction of sp³-hybridized carbons (Fsp3) is 0.667. The summed E-state index contributed by atoms with van der Waals surface area (Å²) in [6.07, 6.45) is 3.53. The highest BCUT2D eigenvalue weighted by molar-refractivity contribution is 5.05. The largest absolute Gasteiger partial charge is 0.396 e. The van der Waals surface area contributed by atoms with Gasteiger partial charge in [0.1, 0.15) is 6.10 Å². The van der Waals surface area contributed by atoms with Crippen molar-refractivity contribution in [1.29, 1.82) is 0 Å². The maximum absolute atomic E-state index is 9.72. The first-order chi connectivity index (χ1) is 8.67. The molecule has 1 rings (SSSR count). The van der Waals surface area contributed by atoms with Crippen molar-refractivity contribution in [1.82, 2.24) is 9.97 Å². The topological polar surface area (TPSA) is 107 Å². The van der Waals surface area contributed by atoms with Gasteiger partial charge in [-0.25, -0.2) is 0 Å². The molecule has 0 aliphatic rings. The number of aryl methyl sites for hydroxylation is 1. The first-order valence-corrected chi connectivity index (χ1v) is 6.06. The van der Waals surface area contributed by atoms with Crippen molar-refractivity contribution < 1.29 is 20.4 Å². The first-order valence-electron chi connectivity index (χ1n) is 6.06. The molecule has 4 N–H and O–H groups in total. The van der Waals surface area contributed by atoms with E-state index in [-0.39, 0.29) is 19.6 Å². The summed E-state index contributed by atoms with van der Waals surface area (Å²) in [4.78, 5) is 8.23. The predicted molar refractivity (Wildman–Crippen MR) is 64.7 cm³/mol. The van der Waals surface area contributed by atoms with Gasteiger partial charge >= 0.3 is 0 Å². The van der Waals surface area contributed by atoms with Crippen LogP contribution in [-0.4, -0.2) is 49.7 Å². The lowest BCUT2D eigenvalue weighted by Crippen LogP contribution is -2.17. The molecular formula is C12H20N2O4. The number of aromatic nitrogens is 2. The van der Waals surface area contributed by atoms with Gasteiger partial charge in [-0.3, -0.25) is 9.97 Å². The van der Waals surface area contributed by atoms with Crippen LogP contribution in [-0.2, 0) is 6.42 Å². The lowest BCUT2D eigenvalue weighted by molar-refractivity contribution is 0.0397. The fourth-order valence-corrected chi connectivity index (χ4v) is 1.54. The van der Waals surface area contributed by atoms with Crippen molar-refractivity contribution >= 4 is 0 Å². The number of hydrogen-bond donors (Lipinski definition) is 4. The first kappa shape index (κ1) is 15.0. The van der Waals surface area contributed by atoms with Gasteiger partial charge in [-0.05, 0) is 19.3 Å². The van der Waals surface area contributed by atoms with E-state index in [1.54, 1.807) is 6.20 Å². The summed E-state index contributed by atoms with van der Waals surface area (Å²) < 4.78 is 0. The van der Waals surface area contributed by atoms with Crippen LogP contribution in [0.1, 0.15) is 36.8 Å². The normalized spacial score (nSPS) is 14.4. The van der Waals surface area contributed by atoms with Crippen molar-refractivity contribution in [2.45, 2.75) is 37.9 Å². The molecule has 0 fully saturated rings. The number of aliphatic hydroxyl groups is 4. The second-order valence-corrected chi connectivity index (χ2v) is 4.20. The number of rotatable bonds is 8. The second-order valence-electron chi connectivity index (χ2n) is 4.20. The lowest BCUT2D eigenvalue weighted by atomic mass is 10.1. The summed E-state index contributed by atoms with van der Waals surface area (Å²) in [5.41, 5.74) is 1.19. The smallest absolute Gasteiger partial charge is 0.100 e. The average molecular weight is 256 g/mol. The molecule has 102 valence electrons. The molecule has 1 heterocycles. The zero-order chi connectivity index (χ0) is 13.4. The maximum Gasteiger partial charge on any atom is 0.100 e. The van der Waals surface area contributed by atoms with Crippen LogP contribution in [0.2, 0.25) is 0 Å². The lowest BCUT2D eigenvalue weighted by Gasteiger charge is -2.13. The molecule has 1 aromatic rings. The molecule has 6 heteroatoms. The third-order valence-electron chi connectivity index (χ3n) is 2.61. The van der Waals surface area contributed by atoms with E-state index in [4.69, 9.17) is 10.2 Å². The van der Waals surface area contributed by atoms with Gasteiger partial charge in [-0.15, -0.1) is 0 Å². The molecule has 18 heavy (non-hydrogen) atoms. The molecule has 0 saturated carbocycles. The summed E-state index contributed by atoms with van der Waals surface area (Å²) in [7, 11) is 0. The van der Waals surface area contributed by atoms with Crippen LogP contribution in [0.3, 0.4) is 0 Å². The van der Waals surface area contributed by atoms with Crippen molar-refractivity contribution in [3.05, 3.63) is 23.8 Å². The van der Waals surface area contributed by atoms with E-state index < -0.39 is 12.2 Å². The molecule has 0 aliphatic heterocycles. The predicted octanol–water partition coefficient (Wildman–Crippen LogP) is -0.432. The van der Waals surface area contributed by atoms with Crippen LogP contribution >= 0.6 is 0 Å². The van der Waals surface area contributed by atoms with E-state index in [1.807, 2.05) is 0 Å². The second kappa shape index (κ2) is 8.10. The van der Waals surface area contributed by atoms with E-state index >= 15 is 0 Å². The SMILES string of the molecule is OCCCCc1cnc(C(O)CC(O)CO)cn1. The van der Waals surface area contributed by atoms with Crippen LogP contribution in [0.15, 0.2) is 12.4 Å². The van der Waals surface area contributed by atoms with Crippen LogP contribution in [0, 0.1) is 0 Å². The Hall–Kier alpha value is -1.08. The summed E-state index contributed by atoms with van der Waals surface area (Å²) in [6, 6.07) is 0. The molecule has 0 bridgehead atoms. The highest BCUT2D eigenvalue weighted by Gasteiger charge is 2.14. The quantitative estimate of drug-likeness (QED) is 0.470. The summed E-state index contributed by atoms with van der Waals surface area (Å²) in [5.74, 6) is 0. The van der Waals surface area contributed by atoms with Gasteiger partial charge in [0.05, 0.1) is 30.3 Å². The molecule has 0 aliphatic carbocycles. The zero-order valence-corrected chi connectivity index (χ0v) is 10.2. The average Bonchev–Trinajstić information content (AvgIpc) is 2.39. The number of unbranched alkanes of at least 4 members (excludes halogenated alkanes) is 1. The third-order valence-corrected chi connectivity index (χ3v) is 2.61. The van der Waals surface area contributed by atoms with Gasteiger partial charge in [-0.2, -0.15) is 0 Å². The van der Waals surface area contributed by atoms with Crippen molar-refractivity contribution in [3.8, 4) is 0 Å². The van der Waals surface area contributed by atoms with Crippen LogP contribution in [0.4, 0.5) is 0 Å². The van der Waals surface area contributed by atoms with E-state index in [2.05, 4.69) is 9.97 Å². The Bertz CT molecular complexity index is 331. The van der Waals surface area contributed by atoms with Crippen molar-refractivity contribution in [3.63, 3.8) is 0 Å². The Morgan fingerprint density at radius 2 is 1.83 bits per heavy atom. The zero-order valence-electron chi connectivity index (χ0n) is 10.2. The molecule has 2 atom stereocenters. The van der Waals surface area contributed by atoms with Crippen molar-refractivity contribution in [2.24, 2.45) is 0 Å². The molecule has 2 unspecified atom stereocenters. The number of aliphatic hydroxyl groups excluding tert-OH is 4. The third kappa shape index (κ3) is 5.05. The minimum atomic E-state index is -0.953. The molecular weight excluding hydrogens is 236 g/mol. The van der Waals surface area contributed by atoms with Crippen LogP contribution in [0.25, 0.3) is 0 Å². The Balaban J connectivity index is 2.48. The molecule has 0 amide bonds. The molecule has 0 spiro atoms. The Kier molecular flexibility index (Phi) is 6.74. The van der Waals surface area contributed by atoms with Gasteiger partial charge in [0.2, 0.25) is 0 Å². The minimum absolute atomic E-state index is 0.0367. The van der Waals surface area contributed by atoms with Gasteiger partial charge in [0.15, 0.2) is 0 Å². The van der Waals surface area contributed by atoms with E-state index in [9.17, 15) is 10.2 Å². The Morgan fingerprint density at radius 3 is 2.39 bits per heavy atom. The van der Waals surface area contributed by atoms with E-state index in [1.165, 1.54) is 6.20 Å². The molecule has 0 aromatic carbocycles. The summed E-state index contributed by atoms with van der Waals surface area (Å²) in [5, 5.41) is 36.3. The molecule has 0 radical (unpaired) electrons. The van der Waals surface area contributed by atoms with Gasteiger partial charge < -0.3 is 20.4 Å². The molecule has 0 saturated heterocycles. The highest BCUT2D eigenvalue weighted by atomic mass is 16.3. The maximum atomic E-state index is 9.72. The monoisotopic (exact) mass is 256 g/mol. The van der Waals surface area contributed by atoms with Gasteiger partial charge in [0.25, 0.3) is 0 Å². The van der Waals surface area contributed by atoms with Crippen LogP contribution < -0.4 is 0 Å². The number of nitrogens with zero attached hydrogens (tertiary/aromatic N) is 2. The minimum Gasteiger partial charge on any atom is -0.396 e. The number of hydrogen-bond acceptors (Lipinski definition) is 6. The summed E-state index contributed by atoms with van der Waals surface area (Å²) in [6.45, 7) is -0.215. The molecule has 1 aromatic heterocycles. The van der Waals surface area contributed by atoms with Gasteiger partial charge in [-0.1, -0.05) is 0 Å². The molecule has 6 nitrogen and oxygen atoms in total. The fourth-order valence-electron chi connectivity index (χ4n) is 1.54. The van der Waals surface area contributed by atoms with E-state index in [0.717, 1.165) is 25.0 Å². The van der Waals surface area contributed by atoms with Gasteiger partial charge in [0, 0.05) is 19.2 Å². The standard InChI is InChI=1S/C12H20N2O4/c15-4-2-1-3-9-6-14-11(7-13-9)12(18)5-10(17)8-16/h6-7,10,12,15-18H,1-5,8H2. The Morgan fingerprint density at radius 1 is 1.06 bits per heavy atom. The van der Waals surface area contributed by atoms with Crippen molar-refractivity contribution in [2.75, 3.05) is 13.2 Å². The Labute approximate surface area is 106 Å².